The molecule has 0 amide bonds. The van der Waals surface area contributed by atoms with Crippen molar-refractivity contribution in [1.82, 2.24) is 4.90 Å². The summed E-state index contributed by atoms with van der Waals surface area (Å²) in [6.45, 7) is 2.20. The Morgan fingerprint density at radius 1 is 0.905 bits per heavy atom. The molecule has 2 heteroatoms. The van der Waals surface area contributed by atoms with E-state index in [9.17, 15) is 4.79 Å². The maximum absolute atomic E-state index is 12.6. The van der Waals surface area contributed by atoms with E-state index in [1.807, 2.05) is 36.4 Å². The van der Waals surface area contributed by atoms with Crippen LogP contribution in [0.25, 0.3) is 0 Å². The second kappa shape index (κ2) is 6.68. The highest BCUT2D eigenvalue weighted by Crippen LogP contribution is 2.29. The number of likely N-dealkylation sites (tertiary alicyclic amines) is 1. The van der Waals surface area contributed by atoms with Crippen molar-refractivity contribution in [3.63, 3.8) is 0 Å². The molecule has 3 rings (SSSR count). The first kappa shape index (κ1) is 14.0. The molecule has 0 N–H and O–H groups in total. The van der Waals surface area contributed by atoms with E-state index in [1.54, 1.807) is 0 Å². The van der Waals surface area contributed by atoms with Gasteiger partial charge in [0.05, 0.1) is 0 Å². The lowest BCUT2D eigenvalue weighted by Gasteiger charge is -2.27. The highest BCUT2D eigenvalue weighted by molar-refractivity contribution is 5.96. The van der Waals surface area contributed by atoms with Crippen LogP contribution >= 0.6 is 0 Å². The minimum Gasteiger partial charge on any atom is -0.296 e. The third kappa shape index (κ3) is 3.40. The standard InChI is InChI=1S/C19H21NO/c21-19(17-11-5-2-6-12-17)15-18(20-13-7-8-14-20)16-9-3-1-4-10-16/h1-6,9-12,18H,7-8,13-15H2. The molecule has 0 radical (unpaired) electrons. The molecule has 1 unspecified atom stereocenters. The molecule has 0 bridgehead atoms. The molecule has 1 fully saturated rings. The molecular weight excluding hydrogens is 258 g/mol. The SMILES string of the molecule is O=C(CC(c1ccccc1)N1CCCC1)c1ccccc1. The average molecular weight is 279 g/mol. The van der Waals surface area contributed by atoms with Gasteiger partial charge in [-0.15, -0.1) is 0 Å². The van der Waals surface area contributed by atoms with Crippen LogP contribution in [0.2, 0.25) is 0 Å². The highest BCUT2D eigenvalue weighted by atomic mass is 16.1. The summed E-state index contributed by atoms with van der Waals surface area (Å²) in [6.07, 6.45) is 3.04. The van der Waals surface area contributed by atoms with Gasteiger partial charge in [0.2, 0.25) is 0 Å². The van der Waals surface area contributed by atoms with Crippen LogP contribution < -0.4 is 0 Å². The molecule has 1 aliphatic rings. The van der Waals surface area contributed by atoms with E-state index in [-0.39, 0.29) is 11.8 Å². The van der Waals surface area contributed by atoms with Gasteiger partial charge in [-0.05, 0) is 31.5 Å². The van der Waals surface area contributed by atoms with Crippen LogP contribution in [0.15, 0.2) is 60.7 Å². The molecule has 2 nitrogen and oxygen atoms in total. The van der Waals surface area contributed by atoms with E-state index in [4.69, 9.17) is 0 Å². The largest absolute Gasteiger partial charge is 0.296 e. The Hall–Kier alpha value is -1.93. The number of ketones is 1. The summed E-state index contributed by atoms with van der Waals surface area (Å²) in [5, 5.41) is 0. The molecule has 2 aromatic carbocycles. The molecule has 21 heavy (non-hydrogen) atoms. The maximum atomic E-state index is 12.6. The minimum atomic E-state index is 0.210. The third-order valence-electron chi connectivity index (χ3n) is 4.24. The zero-order chi connectivity index (χ0) is 14.5. The number of benzene rings is 2. The Bertz CT molecular complexity index is 573. The van der Waals surface area contributed by atoms with Crippen LogP contribution in [0, 0.1) is 0 Å². The maximum Gasteiger partial charge on any atom is 0.164 e. The molecule has 0 spiro atoms. The van der Waals surface area contributed by atoms with Crippen molar-refractivity contribution in [3.05, 3.63) is 71.8 Å². The second-order valence-corrected chi connectivity index (χ2v) is 5.66. The van der Waals surface area contributed by atoms with Crippen LogP contribution in [0.4, 0.5) is 0 Å². The van der Waals surface area contributed by atoms with E-state index in [2.05, 4.69) is 29.2 Å². The van der Waals surface area contributed by atoms with Crippen molar-refractivity contribution in [3.8, 4) is 0 Å². The van der Waals surface area contributed by atoms with Crippen molar-refractivity contribution >= 4 is 5.78 Å². The second-order valence-electron chi connectivity index (χ2n) is 5.66. The molecular formula is C19H21NO. The first-order chi connectivity index (χ1) is 10.3. The molecule has 0 aliphatic carbocycles. The number of rotatable bonds is 5. The monoisotopic (exact) mass is 279 g/mol. The van der Waals surface area contributed by atoms with Crippen LogP contribution in [0.1, 0.15) is 41.2 Å². The summed E-state index contributed by atoms with van der Waals surface area (Å²) in [5.74, 6) is 0.233. The van der Waals surface area contributed by atoms with Crippen LogP contribution in [-0.4, -0.2) is 23.8 Å². The number of carbonyl (C=O) groups excluding carboxylic acids is 1. The van der Waals surface area contributed by atoms with Gasteiger partial charge in [0.25, 0.3) is 0 Å². The van der Waals surface area contributed by atoms with Crippen molar-refractivity contribution in [1.29, 1.82) is 0 Å². The fourth-order valence-electron chi connectivity index (χ4n) is 3.10. The lowest BCUT2D eigenvalue weighted by Crippen LogP contribution is -2.27. The van der Waals surface area contributed by atoms with E-state index in [0.29, 0.717) is 6.42 Å². The van der Waals surface area contributed by atoms with E-state index >= 15 is 0 Å². The van der Waals surface area contributed by atoms with Gasteiger partial charge in [-0.25, -0.2) is 0 Å². The minimum absolute atomic E-state index is 0.210. The smallest absolute Gasteiger partial charge is 0.164 e. The quantitative estimate of drug-likeness (QED) is 0.768. The van der Waals surface area contributed by atoms with Crippen molar-refractivity contribution < 1.29 is 4.79 Å². The number of carbonyl (C=O) groups is 1. The van der Waals surface area contributed by atoms with Gasteiger partial charge in [-0.2, -0.15) is 0 Å². The number of nitrogens with zero attached hydrogens (tertiary/aromatic N) is 1. The molecule has 1 atom stereocenters. The first-order valence-electron chi connectivity index (χ1n) is 7.72. The molecule has 1 saturated heterocycles. The highest BCUT2D eigenvalue weighted by Gasteiger charge is 2.25. The zero-order valence-electron chi connectivity index (χ0n) is 12.2. The van der Waals surface area contributed by atoms with Gasteiger partial charge < -0.3 is 0 Å². The fraction of sp³-hybridized carbons (Fsp3) is 0.316. The normalized spacial score (nSPS) is 16.8. The van der Waals surface area contributed by atoms with E-state index in [1.165, 1.54) is 18.4 Å². The first-order valence-corrected chi connectivity index (χ1v) is 7.72. The molecule has 2 aromatic rings. The van der Waals surface area contributed by atoms with Gasteiger partial charge in [-0.1, -0.05) is 60.7 Å². The lowest BCUT2D eigenvalue weighted by molar-refractivity contribution is 0.0932. The third-order valence-corrected chi connectivity index (χ3v) is 4.24. The fourth-order valence-corrected chi connectivity index (χ4v) is 3.10. The lowest BCUT2D eigenvalue weighted by atomic mass is 9.97. The Balaban J connectivity index is 1.81. The zero-order valence-corrected chi connectivity index (χ0v) is 12.2. The summed E-state index contributed by atoms with van der Waals surface area (Å²) >= 11 is 0. The van der Waals surface area contributed by atoms with E-state index in [0.717, 1.165) is 18.7 Å². The number of hydrogen-bond donors (Lipinski definition) is 0. The Kier molecular flexibility index (Phi) is 4.46. The predicted molar refractivity (Wildman–Crippen MR) is 85.4 cm³/mol. The van der Waals surface area contributed by atoms with Gasteiger partial charge in [0.1, 0.15) is 0 Å². The number of Topliss-reactive ketones (excluding diaryl/α,β-unsaturated/α-hetero) is 1. The van der Waals surface area contributed by atoms with Gasteiger partial charge in [0.15, 0.2) is 5.78 Å². The molecule has 0 aromatic heterocycles. The van der Waals surface area contributed by atoms with E-state index < -0.39 is 0 Å². The molecule has 1 aliphatic heterocycles. The van der Waals surface area contributed by atoms with Crippen molar-refractivity contribution in [2.24, 2.45) is 0 Å². The van der Waals surface area contributed by atoms with Crippen molar-refractivity contribution in [2.75, 3.05) is 13.1 Å². The Morgan fingerprint density at radius 3 is 2.10 bits per heavy atom. The Morgan fingerprint density at radius 2 is 1.48 bits per heavy atom. The molecule has 0 saturated carbocycles. The number of hydrogen-bond acceptors (Lipinski definition) is 2. The van der Waals surface area contributed by atoms with Crippen molar-refractivity contribution in [2.45, 2.75) is 25.3 Å². The average Bonchev–Trinajstić information content (AvgIpc) is 3.08. The van der Waals surface area contributed by atoms with Crippen LogP contribution in [-0.2, 0) is 0 Å². The predicted octanol–water partition coefficient (Wildman–Crippen LogP) is 4.10. The summed E-state index contributed by atoms with van der Waals surface area (Å²) < 4.78 is 0. The van der Waals surface area contributed by atoms with Crippen LogP contribution in [0.3, 0.4) is 0 Å². The van der Waals surface area contributed by atoms with Gasteiger partial charge >= 0.3 is 0 Å². The summed E-state index contributed by atoms with van der Waals surface area (Å²) in [5.41, 5.74) is 2.07. The summed E-state index contributed by atoms with van der Waals surface area (Å²) in [6, 6.07) is 20.3. The Labute approximate surface area is 126 Å². The molecule has 108 valence electrons. The van der Waals surface area contributed by atoms with Gasteiger partial charge in [-0.3, -0.25) is 9.69 Å². The topological polar surface area (TPSA) is 20.3 Å². The van der Waals surface area contributed by atoms with Crippen LogP contribution in [0.5, 0.6) is 0 Å². The summed E-state index contributed by atoms with van der Waals surface area (Å²) in [4.78, 5) is 15.0. The van der Waals surface area contributed by atoms with Gasteiger partial charge in [0, 0.05) is 18.0 Å². The molecule has 1 heterocycles. The summed E-state index contributed by atoms with van der Waals surface area (Å²) in [7, 11) is 0.